The first-order valence-electron chi connectivity index (χ1n) is 8.51. The minimum absolute atomic E-state index is 0.0452. The molecular formula is C21H16N2O4S. The van der Waals surface area contributed by atoms with Gasteiger partial charge >= 0.3 is 0 Å². The molecule has 6 nitrogen and oxygen atoms in total. The summed E-state index contributed by atoms with van der Waals surface area (Å²) in [5, 5.41) is 21.8. The van der Waals surface area contributed by atoms with Gasteiger partial charge in [-0.05, 0) is 41.1 Å². The lowest BCUT2D eigenvalue weighted by Gasteiger charge is -2.09. The number of Topliss-reactive ketones (excluding diaryl/α,β-unsaturated/α-hetero) is 1. The van der Waals surface area contributed by atoms with Crippen LogP contribution in [0.1, 0.15) is 10.4 Å². The van der Waals surface area contributed by atoms with Crippen molar-refractivity contribution in [3.05, 3.63) is 70.5 Å². The molecule has 0 amide bonds. The van der Waals surface area contributed by atoms with Gasteiger partial charge in [-0.15, -0.1) is 0 Å². The summed E-state index contributed by atoms with van der Waals surface area (Å²) in [4.78, 5) is 29.7. The van der Waals surface area contributed by atoms with Crippen LogP contribution in [0.2, 0.25) is 0 Å². The zero-order valence-electron chi connectivity index (χ0n) is 14.9. The number of nitrogens with zero attached hydrogens (tertiary/aromatic N) is 2. The van der Waals surface area contributed by atoms with Gasteiger partial charge < -0.3 is 10.2 Å². The van der Waals surface area contributed by atoms with Gasteiger partial charge in [0.1, 0.15) is 0 Å². The van der Waals surface area contributed by atoms with Crippen molar-refractivity contribution in [2.75, 3.05) is 5.75 Å². The first kappa shape index (κ1) is 18.1. The Labute approximate surface area is 164 Å². The second-order valence-corrected chi connectivity index (χ2v) is 7.33. The van der Waals surface area contributed by atoms with Crippen LogP contribution in [-0.2, 0) is 7.05 Å². The van der Waals surface area contributed by atoms with Crippen LogP contribution >= 0.6 is 11.8 Å². The Morgan fingerprint density at radius 3 is 2.46 bits per heavy atom. The summed E-state index contributed by atoms with van der Waals surface area (Å²) in [6.45, 7) is 0. The van der Waals surface area contributed by atoms with Crippen LogP contribution < -0.4 is 5.56 Å². The van der Waals surface area contributed by atoms with Crippen molar-refractivity contribution in [2.45, 2.75) is 5.16 Å². The Morgan fingerprint density at radius 2 is 1.75 bits per heavy atom. The monoisotopic (exact) mass is 392 g/mol. The molecule has 0 saturated carbocycles. The van der Waals surface area contributed by atoms with E-state index < -0.39 is 0 Å². The highest BCUT2D eigenvalue weighted by molar-refractivity contribution is 7.99. The van der Waals surface area contributed by atoms with Gasteiger partial charge in [0.05, 0.1) is 16.7 Å². The summed E-state index contributed by atoms with van der Waals surface area (Å²) in [5.41, 5.74) is 0.687. The average molecular weight is 392 g/mol. The molecule has 28 heavy (non-hydrogen) atoms. The third kappa shape index (κ3) is 3.20. The SMILES string of the molecule is Cn1c(SCC(=O)c2ccc(O)c(O)c2)nc2cc3ccccc3cc2c1=O. The van der Waals surface area contributed by atoms with Crippen LogP contribution in [0, 0.1) is 0 Å². The summed E-state index contributed by atoms with van der Waals surface area (Å²) in [5.74, 6) is -0.828. The Bertz CT molecular complexity index is 1300. The van der Waals surface area contributed by atoms with Crippen molar-refractivity contribution in [3.63, 3.8) is 0 Å². The molecule has 3 aromatic carbocycles. The number of ketones is 1. The normalized spacial score (nSPS) is 11.2. The van der Waals surface area contributed by atoms with Crippen LogP contribution in [0.25, 0.3) is 21.7 Å². The van der Waals surface area contributed by atoms with Gasteiger partial charge in [-0.2, -0.15) is 0 Å². The molecule has 0 saturated heterocycles. The van der Waals surface area contributed by atoms with E-state index in [4.69, 9.17) is 0 Å². The number of aromatic nitrogens is 2. The Morgan fingerprint density at radius 1 is 1.04 bits per heavy atom. The third-order valence-electron chi connectivity index (χ3n) is 4.53. The highest BCUT2D eigenvalue weighted by atomic mass is 32.2. The summed E-state index contributed by atoms with van der Waals surface area (Å²) >= 11 is 1.15. The summed E-state index contributed by atoms with van der Waals surface area (Å²) in [6.07, 6.45) is 0. The van der Waals surface area contributed by atoms with E-state index in [0.717, 1.165) is 22.5 Å². The molecule has 0 aliphatic rings. The standard InChI is InChI=1S/C21H16N2O4S/c1-23-20(27)15-8-12-4-2-3-5-13(12)9-16(15)22-21(23)28-11-19(26)14-6-7-17(24)18(25)10-14/h2-10,24-25H,11H2,1H3. The smallest absolute Gasteiger partial charge is 0.261 e. The molecule has 1 aromatic heterocycles. The Kier molecular flexibility index (Phi) is 4.52. The maximum atomic E-state index is 12.8. The topological polar surface area (TPSA) is 92.4 Å². The Hall–Kier alpha value is -3.32. The molecule has 140 valence electrons. The summed E-state index contributed by atoms with van der Waals surface area (Å²) in [7, 11) is 1.63. The van der Waals surface area contributed by atoms with Crippen LogP contribution in [0.4, 0.5) is 0 Å². The van der Waals surface area contributed by atoms with Gasteiger partial charge in [0.25, 0.3) is 5.56 Å². The number of phenolic OH excluding ortho intramolecular Hbond substituents is 2. The number of aromatic hydroxyl groups is 2. The molecule has 4 rings (SSSR count). The van der Waals surface area contributed by atoms with E-state index in [1.54, 1.807) is 7.05 Å². The van der Waals surface area contributed by atoms with Crippen molar-refractivity contribution in [3.8, 4) is 11.5 Å². The lowest BCUT2D eigenvalue weighted by molar-refractivity contribution is 0.102. The number of benzene rings is 3. The summed E-state index contributed by atoms with van der Waals surface area (Å²) in [6, 6.07) is 15.4. The molecule has 2 N–H and O–H groups in total. The largest absolute Gasteiger partial charge is 0.504 e. The second kappa shape index (κ2) is 7.01. The zero-order valence-corrected chi connectivity index (χ0v) is 15.7. The van der Waals surface area contributed by atoms with Gasteiger partial charge in [0.15, 0.2) is 22.4 Å². The maximum absolute atomic E-state index is 12.8. The number of carbonyl (C=O) groups excluding carboxylic acids is 1. The van der Waals surface area contributed by atoms with Gasteiger partial charge in [0, 0.05) is 12.6 Å². The fraction of sp³-hybridized carbons (Fsp3) is 0.0952. The van der Waals surface area contributed by atoms with E-state index in [1.807, 2.05) is 36.4 Å². The highest BCUT2D eigenvalue weighted by Crippen LogP contribution is 2.27. The van der Waals surface area contributed by atoms with Crippen molar-refractivity contribution in [1.82, 2.24) is 9.55 Å². The molecule has 0 radical (unpaired) electrons. The predicted octanol–water partition coefficient (Wildman–Crippen LogP) is 3.47. The van der Waals surface area contributed by atoms with E-state index in [0.29, 0.717) is 16.1 Å². The summed E-state index contributed by atoms with van der Waals surface area (Å²) < 4.78 is 1.43. The van der Waals surface area contributed by atoms with Crippen molar-refractivity contribution in [1.29, 1.82) is 0 Å². The number of rotatable bonds is 4. The van der Waals surface area contributed by atoms with Crippen molar-refractivity contribution < 1.29 is 15.0 Å². The molecule has 0 spiro atoms. The van der Waals surface area contributed by atoms with E-state index in [2.05, 4.69) is 4.98 Å². The van der Waals surface area contributed by atoms with Gasteiger partial charge in [-0.1, -0.05) is 36.0 Å². The van der Waals surface area contributed by atoms with Crippen molar-refractivity contribution >= 4 is 39.2 Å². The van der Waals surface area contributed by atoms with Crippen LogP contribution in [0.5, 0.6) is 11.5 Å². The molecule has 1 heterocycles. The first-order chi connectivity index (χ1) is 13.4. The molecule has 0 unspecified atom stereocenters. The minimum atomic E-state index is -0.348. The van der Waals surface area contributed by atoms with Crippen LogP contribution in [0.3, 0.4) is 0 Å². The lowest BCUT2D eigenvalue weighted by atomic mass is 10.1. The van der Waals surface area contributed by atoms with Gasteiger partial charge in [-0.3, -0.25) is 14.2 Å². The minimum Gasteiger partial charge on any atom is -0.504 e. The lowest BCUT2D eigenvalue weighted by Crippen LogP contribution is -2.20. The van der Waals surface area contributed by atoms with Gasteiger partial charge in [-0.25, -0.2) is 4.98 Å². The van der Waals surface area contributed by atoms with Crippen molar-refractivity contribution in [2.24, 2.45) is 7.05 Å². The maximum Gasteiger partial charge on any atom is 0.261 e. The van der Waals surface area contributed by atoms with E-state index in [9.17, 15) is 19.8 Å². The fourth-order valence-electron chi connectivity index (χ4n) is 2.98. The molecule has 0 aliphatic heterocycles. The second-order valence-electron chi connectivity index (χ2n) is 6.39. The van der Waals surface area contributed by atoms with E-state index in [-0.39, 0.29) is 34.2 Å². The molecule has 4 aromatic rings. The molecule has 0 aliphatic carbocycles. The van der Waals surface area contributed by atoms with E-state index in [1.165, 1.54) is 22.8 Å². The number of thioether (sulfide) groups is 1. The number of hydrogen-bond donors (Lipinski definition) is 2. The number of fused-ring (bicyclic) bond motifs is 2. The number of phenols is 2. The van der Waals surface area contributed by atoms with E-state index >= 15 is 0 Å². The zero-order chi connectivity index (χ0) is 19.8. The molecular weight excluding hydrogens is 376 g/mol. The van der Waals surface area contributed by atoms with Crippen LogP contribution in [0.15, 0.2) is 64.5 Å². The molecule has 0 bridgehead atoms. The Balaban J connectivity index is 1.67. The fourth-order valence-corrected chi connectivity index (χ4v) is 3.84. The average Bonchev–Trinajstić information content (AvgIpc) is 2.70. The molecule has 0 fully saturated rings. The molecule has 0 atom stereocenters. The third-order valence-corrected chi connectivity index (χ3v) is 5.56. The molecule has 7 heteroatoms. The quantitative estimate of drug-likeness (QED) is 0.182. The highest BCUT2D eigenvalue weighted by Gasteiger charge is 2.14. The predicted molar refractivity (Wildman–Crippen MR) is 109 cm³/mol. The number of hydrogen-bond acceptors (Lipinski definition) is 6. The van der Waals surface area contributed by atoms with Crippen LogP contribution in [-0.4, -0.2) is 31.3 Å². The van der Waals surface area contributed by atoms with Gasteiger partial charge in [0.2, 0.25) is 0 Å². The first-order valence-corrected chi connectivity index (χ1v) is 9.50. The number of carbonyl (C=O) groups is 1.